The van der Waals surface area contributed by atoms with E-state index >= 15 is 0 Å². The Morgan fingerprint density at radius 3 is 2.57 bits per heavy atom. The second kappa shape index (κ2) is 8.71. The molecular formula is C22H28N3O2S+. The first-order chi connectivity index (χ1) is 13.4. The summed E-state index contributed by atoms with van der Waals surface area (Å²) in [6.45, 7) is 5.66. The van der Waals surface area contributed by atoms with Crippen molar-refractivity contribution in [3.8, 4) is 5.75 Å². The van der Waals surface area contributed by atoms with Gasteiger partial charge in [0.15, 0.2) is 5.13 Å². The number of rotatable bonds is 7. The summed E-state index contributed by atoms with van der Waals surface area (Å²) < 4.78 is 6.55. The Labute approximate surface area is 170 Å². The van der Waals surface area contributed by atoms with E-state index in [4.69, 9.17) is 9.72 Å². The molecule has 0 saturated carbocycles. The minimum atomic E-state index is 0.00234. The fraction of sp³-hybridized carbons (Fsp3) is 0.364. The van der Waals surface area contributed by atoms with Crippen molar-refractivity contribution in [2.24, 2.45) is 0 Å². The fourth-order valence-electron chi connectivity index (χ4n) is 3.21. The van der Waals surface area contributed by atoms with Crippen LogP contribution in [0.25, 0.3) is 10.2 Å². The van der Waals surface area contributed by atoms with Crippen LogP contribution in [0.3, 0.4) is 0 Å². The molecule has 3 rings (SSSR count). The number of amides is 1. The highest BCUT2D eigenvalue weighted by Crippen LogP contribution is 2.37. The van der Waals surface area contributed by atoms with Crippen LogP contribution in [0.1, 0.15) is 27.9 Å². The van der Waals surface area contributed by atoms with Crippen molar-refractivity contribution in [3.05, 3.63) is 53.1 Å². The molecule has 0 fully saturated rings. The molecule has 5 nitrogen and oxygen atoms in total. The summed E-state index contributed by atoms with van der Waals surface area (Å²) in [5.41, 5.74) is 3.66. The van der Waals surface area contributed by atoms with E-state index in [-0.39, 0.29) is 5.91 Å². The minimum Gasteiger partial charge on any atom is -0.494 e. The van der Waals surface area contributed by atoms with Gasteiger partial charge in [0.25, 0.3) is 5.91 Å². The first-order valence-electron chi connectivity index (χ1n) is 9.53. The van der Waals surface area contributed by atoms with Crippen LogP contribution in [-0.4, -0.2) is 45.2 Å². The Bertz CT molecular complexity index is 981. The van der Waals surface area contributed by atoms with Crippen molar-refractivity contribution in [1.82, 2.24) is 4.98 Å². The Kier molecular flexibility index (Phi) is 6.31. The molecule has 1 heterocycles. The number of hydrogen-bond acceptors (Lipinski definition) is 4. The third-order valence-corrected chi connectivity index (χ3v) is 6.04. The van der Waals surface area contributed by atoms with Crippen LogP contribution in [0.15, 0.2) is 36.4 Å². The molecule has 0 aliphatic rings. The Morgan fingerprint density at radius 1 is 1.14 bits per heavy atom. The van der Waals surface area contributed by atoms with E-state index in [0.29, 0.717) is 6.54 Å². The lowest BCUT2D eigenvalue weighted by atomic mass is 10.1. The number of nitrogens with one attached hydrogen (secondary N) is 1. The number of methoxy groups -OCH3 is 1. The molecule has 1 amide bonds. The highest BCUT2D eigenvalue weighted by Gasteiger charge is 2.23. The predicted octanol–water partition coefficient (Wildman–Crippen LogP) is 3.10. The number of quaternary nitrogens is 1. The molecule has 2 aromatic carbocycles. The van der Waals surface area contributed by atoms with E-state index in [1.54, 1.807) is 18.4 Å². The number of anilines is 1. The van der Waals surface area contributed by atoms with E-state index < -0.39 is 0 Å². The largest absolute Gasteiger partial charge is 0.494 e. The number of nitrogens with zero attached hydrogens (tertiary/aromatic N) is 2. The Hall–Kier alpha value is -2.44. The summed E-state index contributed by atoms with van der Waals surface area (Å²) in [6, 6.07) is 11.7. The van der Waals surface area contributed by atoms with Crippen LogP contribution < -0.4 is 14.5 Å². The normalized spacial score (nSPS) is 11.2. The topological polar surface area (TPSA) is 46.9 Å². The van der Waals surface area contributed by atoms with Crippen molar-refractivity contribution in [1.29, 1.82) is 0 Å². The molecule has 28 heavy (non-hydrogen) atoms. The molecule has 0 saturated heterocycles. The van der Waals surface area contributed by atoms with Gasteiger partial charge in [0.2, 0.25) is 0 Å². The Balaban J connectivity index is 2.03. The Morgan fingerprint density at radius 2 is 1.89 bits per heavy atom. The summed E-state index contributed by atoms with van der Waals surface area (Å²) in [4.78, 5) is 21.4. The molecular weight excluding hydrogens is 370 g/mol. The van der Waals surface area contributed by atoms with Crippen molar-refractivity contribution < 1.29 is 14.4 Å². The smallest absolute Gasteiger partial charge is 0.260 e. The number of fused-ring (bicyclic) bond motifs is 1. The van der Waals surface area contributed by atoms with Gasteiger partial charge in [0.05, 0.1) is 32.4 Å². The summed E-state index contributed by atoms with van der Waals surface area (Å²) in [7, 11) is 5.90. The predicted molar refractivity (Wildman–Crippen MR) is 116 cm³/mol. The van der Waals surface area contributed by atoms with Gasteiger partial charge < -0.3 is 9.64 Å². The van der Waals surface area contributed by atoms with E-state index in [1.807, 2.05) is 48.2 Å². The third-order valence-electron chi connectivity index (χ3n) is 4.82. The summed E-state index contributed by atoms with van der Waals surface area (Å²) in [6.07, 6.45) is 0.909. The maximum Gasteiger partial charge on any atom is 0.260 e. The van der Waals surface area contributed by atoms with Gasteiger partial charge in [0, 0.05) is 18.5 Å². The zero-order chi connectivity index (χ0) is 20.3. The van der Waals surface area contributed by atoms with Crippen molar-refractivity contribution in [3.63, 3.8) is 0 Å². The van der Waals surface area contributed by atoms with Crippen LogP contribution in [-0.2, 0) is 0 Å². The van der Waals surface area contributed by atoms with Gasteiger partial charge in [-0.15, -0.1) is 0 Å². The molecule has 0 radical (unpaired) electrons. The lowest BCUT2D eigenvalue weighted by Crippen LogP contribution is -3.05. The van der Waals surface area contributed by atoms with E-state index in [9.17, 15) is 4.79 Å². The zero-order valence-electron chi connectivity index (χ0n) is 17.2. The molecule has 6 heteroatoms. The van der Waals surface area contributed by atoms with Crippen molar-refractivity contribution >= 4 is 32.6 Å². The van der Waals surface area contributed by atoms with E-state index in [0.717, 1.165) is 50.8 Å². The molecule has 0 aliphatic heterocycles. The first-order valence-corrected chi connectivity index (χ1v) is 10.3. The molecule has 0 unspecified atom stereocenters. The highest BCUT2D eigenvalue weighted by molar-refractivity contribution is 7.22. The van der Waals surface area contributed by atoms with E-state index in [2.05, 4.69) is 21.0 Å². The quantitative estimate of drug-likeness (QED) is 0.665. The van der Waals surface area contributed by atoms with Crippen LogP contribution >= 0.6 is 11.3 Å². The second-order valence-corrected chi connectivity index (χ2v) is 8.32. The number of aromatic nitrogens is 1. The maximum atomic E-state index is 13.4. The van der Waals surface area contributed by atoms with Gasteiger partial charge in [0.1, 0.15) is 11.3 Å². The number of hydrogen-bond donors (Lipinski definition) is 1. The van der Waals surface area contributed by atoms with Gasteiger partial charge in [-0.05, 0) is 37.1 Å². The number of ether oxygens (including phenoxy) is 1. The zero-order valence-corrected chi connectivity index (χ0v) is 18.0. The lowest BCUT2D eigenvalue weighted by molar-refractivity contribution is -0.858. The van der Waals surface area contributed by atoms with Gasteiger partial charge in [-0.2, -0.15) is 0 Å². The van der Waals surface area contributed by atoms with Gasteiger partial charge in [-0.25, -0.2) is 4.98 Å². The summed E-state index contributed by atoms with van der Waals surface area (Å²) in [5, 5.41) is 0.726. The van der Waals surface area contributed by atoms with Gasteiger partial charge in [-0.1, -0.05) is 35.6 Å². The molecule has 3 aromatic rings. The average molecular weight is 399 g/mol. The molecule has 0 atom stereocenters. The van der Waals surface area contributed by atoms with Crippen LogP contribution in [0.2, 0.25) is 0 Å². The van der Waals surface area contributed by atoms with Crippen LogP contribution in [0.5, 0.6) is 5.75 Å². The summed E-state index contributed by atoms with van der Waals surface area (Å²) in [5.74, 6) is 0.742. The maximum absolute atomic E-state index is 13.4. The second-order valence-electron chi connectivity index (χ2n) is 7.34. The number of carbonyl (C=O) groups is 1. The third kappa shape index (κ3) is 4.18. The highest BCUT2D eigenvalue weighted by atomic mass is 32.1. The van der Waals surface area contributed by atoms with Crippen molar-refractivity contribution in [2.75, 3.05) is 39.2 Å². The van der Waals surface area contributed by atoms with Crippen molar-refractivity contribution in [2.45, 2.75) is 20.3 Å². The molecule has 0 bridgehead atoms. The van der Waals surface area contributed by atoms with Crippen LogP contribution in [0.4, 0.5) is 5.13 Å². The number of benzene rings is 2. The standard InChI is InChI=1S/C22H27N3O2S/c1-15-9-6-7-10-17(15)21(26)25(14-8-13-24(3)4)22-23-19-18(27-5)12-11-16(2)20(19)28-22/h6-7,9-12H,8,13-14H2,1-5H3/p+1. The number of thiazole rings is 1. The monoisotopic (exact) mass is 398 g/mol. The van der Waals surface area contributed by atoms with Crippen LogP contribution in [0, 0.1) is 13.8 Å². The fourth-order valence-corrected chi connectivity index (χ4v) is 4.29. The SMILES string of the molecule is COc1ccc(C)c2sc(N(CCC[NH+](C)C)C(=O)c3ccccc3C)nc12. The molecule has 1 N–H and O–H groups in total. The first kappa shape index (κ1) is 20.3. The minimum absolute atomic E-state index is 0.00234. The lowest BCUT2D eigenvalue weighted by Gasteiger charge is -2.21. The molecule has 0 aliphatic carbocycles. The molecule has 148 valence electrons. The van der Waals surface area contributed by atoms with Gasteiger partial charge in [-0.3, -0.25) is 9.69 Å². The van der Waals surface area contributed by atoms with Gasteiger partial charge >= 0.3 is 0 Å². The average Bonchev–Trinajstić information content (AvgIpc) is 3.11. The number of aryl methyl sites for hydroxylation is 2. The molecule has 1 aromatic heterocycles. The summed E-state index contributed by atoms with van der Waals surface area (Å²) >= 11 is 1.56. The van der Waals surface area contributed by atoms with E-state index in [1.165, 1.54) is 4.90 Å². The number of carbonyl (C=O) groups excluding carboxylic acids is 1. The molecule has 0 spiro atoms.